The number of nitrogens with zero attached hydrogens (tertiary/aromatic N) is 3. The Bertz CT molecular complexity index is 1150. The van der Waals surface area contributed by atoms with Crippen molar-refractivity contribution in [3.05, 3.63) is 70.3 Å². The second-order valence-electron chi connectivity index (χ2n) is 5.81. The Labute approximate surface area is 143 Å². The normalized spacial score (nSPS) is 11.6. The number of rotatable bonds is 3. The third kappa shape index (κ3) is 2.67. The molecule has 0 fully saturated rings. The van der Waals surface area contributed by atoms with Crippen molar-refractivity contribution < 1.29 is 4.74 Å². The lowest BCUT2D eigenvalue weighted by atomic mass is 10.2. The van der Waals surface area contributed by atoms with Crippen LogP contribution in [0.5, 0.6) is 5.75 Å². The van der Waals surface area contributed by atoms with Crippen molar-refractivity contribution in [2.75, 3.05) is 7.11 Å². The van der Waals surface area contributed by atoms with Crippen molar-refractivity contribution in [2.24, 2.45) is 5.10 Å². The zero-order chi connectivity index (χ0) is 17.4. The lowest BCUT2D eigenvalue weighted by Gasteiger charge is -1.98. The molecule has 0 amide bonds. The highest BCUT2D eigenvalue weighted by molar-refractivity contribution is 6.04. The van der Waals surface area contributed by atoms with Crippen LogP contribution in [0.1, 0.15) is 11.1 Å². The van der Waals surface area contributed by atoms with E-state index in [0.29, 0.717) is 11.0 Å². The van der Waals surface area contributed by atoms with Gasteiger partial charge in [0.1, 0.15) is 23.1 Å². The van der Waals surface area contributed by atoms with E-state index in [1.54, 1.807) is 13.3 Å². The van der Waals surface area contributed by atoms with Crippen molar-refractivity contribution in [1.29, 1.82) is 0 Å². The van der Waals surface area contributed by atoms with E-state index in [0.717, 1.165) is 22.2 Å². The van der Waals surface area contributed by atoms with Crippen LogP contribution in [0.4, 0.5) is 0 Å². The molecule has 0 radical (unpaired) electrons. The van der Waals surface area contributed by atoms with E-state index < -0.39 is 0 Å². The molecule has 2 heterocycles. The first-order chi connectivity index (χ1) is 12.2. The summed E-state index contributed by atoms with van der Waals surface area (Å²) in [5.74, 6) is 0.719. The molecule has 124 valence electrons. The van der Waals surface area contributed by atoms with E-state index >= 15 is 0 Å². The number of benzene rings is 2. The van der Waals surface area contributed by atoms with E-state index in [9.17, 15) is 4.79 Å². The topological polar surface area (TPSA) is 72.3 Å². The number of hydrogen-bond donors (Lipinski definition) is 1. The molecule has 0 saturated heterocycles. The van der Waals surface area contributed by atoms with Gasteiger partial charge in [-0.2, -0.15) is 9.78 Å². The summed E-state index contributed by atoms with van der Waals surface area (Å²) in [6.45, 7) is 2.02. The molecule has 25 heavy (non-hydrogen) atoms. The first-order valence-electron chi connectivity index (χ1n) is 7.84. The zero-order valence-electron chi connectivity index (χ0n) is 13.9. The van der Waals surface area contributed by atoms with Crippen LogP contribution in [-0.4, -0.2) is 28.0 Å². The summed E-state index contributed by atoms with van der Waals surface area (Å²) >= 11 is 0. The monoisotopic (exact) mass is 332 g/mol. The molecule has 0 unspecified atom stereocenters. The minimum absolute atomic E-state index is 0.247. The molecule has 2 aromatic heterocycles. The zero-order valence-corrected chi connectivity index (χ0v) is 13.9. The predicted molar refractivity (Wildman–Crippen MR) is 98.6 cm³/mol. The standard InChI is InChI=1S/C19H16N4O2/c1-12-3-5-13(6-4-12)10-21-23-11-20-17-15-8-7-14(25-2)9-16(15)22-18(17)19(23)24/h3-11,22H,1-2H3/b21-10+. The van der Waals surface area contributed by atoms with Gasteiger partial charge in [0.15, 0.2) is 0 Å². The van der Waals surface area contributed by atoms with Gasteiger partial charge in [0.2, 0.25) is 0 Å². The fourth-order valence-electron chi connectivity index (χ4n) is 2.72. The fraction of sp³-hybridized carbons (Fsp3) is 0.105. The summed E-state index contributed by atoms with van der Waals surface area (Å²) in [5.41, 5.74) is 3.70. The lowest BCUT2D eigenvalue weighted by Crippen LogP contribution is -2.17. The Morgan fingerprint density at radius 2 is 2.00 bits per heavy atom. The molecule has 6 nitrogen and oxygen atoms in total. The Hall–Kier alpha value is -3.41. The SMILES string of the molecule is COc1ccc2c(c1)[nH]c1c(=O)n(/N=C/c3ccc(C)cc3)cnc12. The minimum atomic E-state index is -0.247. The molecule has 6 heteroatoms. The van der Waals surface area contributed by atoms with E-state index in [1.165, 1.54) is 16.6 Å². The Balaban J connectivity index is 1.80. The van der Waals surface area contributed by atoms with Gasteiger partial charge < -0.3 is 9.72 Å². The molecule has 0 bridgehead atoms. The van der Waals surface area contributed by atoms with Crippen LogP contribution in [0.15, 0.2) is 58.7 Å². The maximum absolute atomic E-state index is 12.7. The van der Waals surface area contributed by atoms with Crippen LogP contribution in [0.25, 0.3) is 21.9 Å². The molecule has 0 aliphatic heterocycles. The molecule has 4 rings (SSSR count). The van der Waals surface area contributed by atoms with Crippen molar-refractivity contribution in [1.82, 2.24) is 14.6 Å². The largest absolute Gasteiger partial charge is 0.497 e. The second kappa shape index (κ2) is 5.90. The summed E-state index contributed by atoms with van der Waals surface area (Å²) in [7, 11) is 1.61. The molecule has 0 aliphatic rings. The third-order valence-electron chi connectivity index (χ3n) is 4.11. The molecule has 0 aliphatic carbocycles. The van der Waals surface area contributed by atoms with Crippen molar-refractivity contribution >= 4 is 28.2 Å². The van der Waals surface area contributed by atoms with Gasteiger partial charge in [-0.15, -0.1) is 0 Å². The molecular weight excluding hydrogens is 316 g/mol. The summed E-state index contributed by atoms with van der Waals surface area (Å²) < 4.78 is 6.45. The summed E-state index contributed by atoms with van der Waals surface area (Å²) in [4.78, 5) is 20.2. The van der Waals surface area contributed by atoms with Crippen LogP contribution in [0, 0.1) is 6.92 Å². The smallest absolute Gasteiger partial charge is 0.298 e. The molecular formula is C19H16N4O2. The molecule has 0 saturated carbocycles. The number of aryl methyl sites for hydroxylation is 1. The van der Waals surface area contributed by atoms with Crippen LogP contribution in [0.2, 0.25) is 0 Å². The number of nitrogens with one attached hydrogen (secondary N) is 1. The molecule has 4 aromatic rings. The average molecular weight is 332 g/mol. The number of H-pyrrole nitrogens is 1. The van der Waals surface area contributed by atoms with Gasteiger partial charge in [-0.25, -0.2) is 4.98 Å². The van der Waals surface area contributed by atoms with Gasteiger partial charge in [-0.05, 0) is 24.6 Å². The maximum atomic E-state index is 12.7. The Morgan fingerprint density at radius 3 is 2.76 bits per heavy atom. The second-order valence-corrected chi connectivity index (χ2v) is 5.81. The van der Waals surface area contributed by atoms with Gasteiger partial charge >= 0.3 is 0 Å². The highest BCUT2D eigenvalue weighted by atomic mass is 16.5. The Morgan fingerprint density at radius 1 is 1.20 bits per heavy atom. The summed E-state index contributed by atoms with van der Waals surface area (Å²) in [5, 5.41) is 5.11. The lowest BCUT2D eigenvalue weighted by molar-refractivity contribution is 0.415. The first kappa shape index (κ1) is 15.1. The quantitative estimate of drug-likeness (QED) is 0.586. The van der Waals surface area contributed by atoms with Gasteiger partial charge in [-0.1, -0.05) is 29.8 Å². The van der Waals surface area contributed by atoms with Crippen molar-refractivity contribution in [2.45, 2.75) is 6.92 Å². The van der Waals surface area contributed by atoms with Crippen LogP contribution < -0.4 is 10.3 Å². The van der Waals surface area contributed by atoms with Crippen LogP contribution >= 0.6 is 0 Å². The fourth-order valence-corrected chi connectivity index (χ4v) is 2.72. The van der Waals surface area contributed by atoms with Gasteiger partial charge in [0.05, 0.1) is 18.8 Å². The van der Waals surface area contributed by atoms with Crippen LogP contribution in [-0.2, 0) is 0 Å². The highest BCUT2D eigenvalue weighted by Gasteiger charge is 2.11. The van der Waals surface area contributed by atoms with Crippen molar-refractivity contribution in [3.63, 3.8) is 0 Å². The molecule has 2 aromatic carbocycles. The average Bonchev–Trinajstić information content (AvgIpc) is 3.01. The van der Waals surface area contributed by atoms with Crippen molar-refractivity contribution in [3.8, 4) is 5.75 Å². The van der Waals surface area contributed by atoms with E-state index in [2.05, 4.69) is 15.1 Å². The van der Waals surface area contributed by atoms with Gasteiger partial charge in [-0.3, -0.25) is 4.79 Å². The molecule has 0 atom stereocenters. The predicted octanol–water partition coefficient (Wildman–Crippen LogP) is 3.08. The maximum Gasteiger partial charge on any atom is 0.298 e. The summed E-state index contributed by atoms with van der Waals surface area (Å²) in [6.07, 6.45) is 3.08. The highest BCUT2D eigenvalue weighted by Crippen LogP contribution is 2.25. The minimum Gasteiger partial charge on any atom is -0.497 e. The van der Waals surface area contributed by atoms with E-state index in [4.69, 9.17) is 4.74 Å². The number of fused-ring (bicyclic) bond motifs is 3. The Kier molecular flexibility index (Phi) is 3.57. The number of methoxy groups -OCH3 is 1. The van der Waals surface area contributed by atoms with Gasteiger partial charge in [0, 0.05) is 11.5 Å². The number of aromatic nitrogens is 3. The van der Waals surface area contributed by atoms with Crippen LogP contribution in [0.3, 0.4) is 0 Å². The number of ether oxygens (including phenoxy) is 1. The van der Waals surface area contributed by atoms with E-state index in [1.807, 2.05) is 49.4 Å². The molecule has 1 N–H and O–H groups in total. The van der Waals surface area contributed by atoms with E-state index in [-0.39, 0.29) is 5.56 Å². The third-order valence-corrected chi connectivity index (χ3v) is 4.11. The number of aromatic amines is 1. The van der Waals surface area contributed by atoms with Gasteiger partial charge in [0.25, 0.3) is 5.56 Å². The molecule has 0 spiro atoms. The number of hydrogen-bond acceptors (Lipinski definition) is 4. The first-order valence-corrected chi connectivity index (χ1v) is 7.84. The summed E-state index contributed by atoms with van der Waals surface area (Å²) in [6, 6.07) is 13.5.